The van der Waals surface area contributed by atoms with E-state index in [0.29, 0.717) is 5.82 Å². The largest absolute Gasteiger partial charge is 0.228 e. The number of nitrogens with zero attached hydrogens (tertiary/aromatic N) is 2. The van der Waals surface area contributed by atoms with E-state index in [9.17, 15) is 4.39 Å². The van der Waals surface area contributed by atoms with E-state index in [1.165, 1.54) is 12.1 Å². The van der Waals surface area contributed by atoms with Crippen molar-refractivity contribution in [3.63, 3.8) is 0 Å². The summed E-state index contributed by atoms with van der Waals surface area (Å²) >= 11 is 3.62. The van der Waals surface area contributed by atoms with Crippen LogP contribution < -0.4 is 0 Å². The maximum absolute atomic E-state index is 13.4. The molecule has 0 atom stereocenters. The van der Waals surface area contributed by atoms with Crippen LogP contribution in [0.25, 0.3) is 44.3 Å². The fourth-order valence-corrected chi connectivity index (χ4v) is 3.96. The second-order valence-corrected chi connectivity index (χ2v) is 7.41. The van der Waals surface area contributed by atoms with E-state index in [-0.39, 0.29) is 5.82 Å². The molecule has 0 amide bonds. The Kier molecular flexibility index (Phi) is 4.14. The zero-order chi connectivity index (χ0) is 19.1. The zero-order valence-electron chi connectivity index (χ0n) is 14.7. The van der Waals surface area contributed by atoms with Crippen LogP contribution in [-0.2, 0) is 0 Å². The zero-order valence-corrected chi connectivity index (χ0v) is 16.3. The maximum atomic E-state index is 13.4. The van der Waals surface area contributed by atoms with E-state index in [1.807, 2.05) is 48.5 Å². The monoisotopic (exact) mass is 428 g/mol. The van der Waals surface area contributed by atoms with Crippen molar-refractivity contribution in [1.82, 2.24) is 9.97 Å². The van der Waals surface area contributed by atoms with Gasteiger partial charge < -0.3 is 0 Å². The van der Waals surface area contributed by atoms with E-state index in [1.54, 1.807) is 12.1 Å². The molecule has 28 heavy (non-hydrogen) atoms. The third-order valence-corrected chi connectivity index (χ3v) is 5.52. The van der Waals surface area contributed by atoms with Gasteiger partial charge in [-0.15, -0.1) is 0 Å². The summed E-state index contributed by atoms with van der Waals surface area (Å²) in [6.07, 6.45) is 0. The molecule has 5 aromatic rings. The average molecular weight is 429 g/mol. The number of para-hydroxylation sites is 1. The number of aromatic nitrogens is 2. The highest BCUT2D eigenvalue weighted by molar-refractivity contribution is 9.10. The lowest BCUT2D eigenvalue weighted by Crippen LogP contribution is -1.96. The predicted molar refractivity (Wildman–Crippen MR) is 116 cm³/mol. The Morgan fingerprint density at radius 2 is 1.32 bits per heavy atom. The van der Waals surface area contributed by atoms with Crippen LogP contribution in [0.1, 0.15) is 0 Å². The van der Waals surface area contributed by atoms with Gasteiger partial charge in [-0.05, 0) is 53.2 Å². The van der Waals surface area contributed by atoms with Gasteiger partial charge in [0.15, 0.2) is 5.82 Å². The van der Waals surface area contributed by atoms with Gasteiger partial charge in [0.2, 0.25) is 0 Å². The van der Waals surface area contributed by atoms with Gasteiger partial charge in [0.1, 0.15) is 5.82 Å². The summed E-state index contributed by atoms with van der Waals surface area (Å²) in [5, 5.41) is 3.14. The minimum Gasteiger partial charge on any atom is -0.228 e. The van der Waals surface area contributed by atoms with Crippen LogP contribution in [0.15, 0.2) is 89.4 Å². The molecule has 1 aromatic heterocycles. The van der Waals surface area contributed by atoms with Gasteiger partial charge in [-0.1, -0.05) is 58.4 Å². The lowest BCUT2D eigenvalue weighted by atomic mass is 10.0. The highest BCUT2D eigenvalue weighted by Gasteiger charge is 2.14. The lowest BCUT2D eigenvalue weighted by molar-refractivity contribution is 0.628. The second kappa shape index (κ2) is 6.80. The number of fused-ring (bicyclic) bond motifs is 2. The van der Waals surface area contributed by atoms with Crippen LogP contribution >= 0.6 is 15.9 Å². The van der Waals surface area contributed by atoms with Gasteiger partial charge in [0, 0.05) is 21.0 Å². The Hall–Kier alpha value is -3.11. The molecular weight excluding hydrogens is 415 g/mol. The predicted octanol–water partition coefficient (Wildman–Crippen LogP) is 7.02. The molecule has 5 rings (SSSR count). The fraction of sp³-hybridized carbons (Fsp3) is 0. The summed E-state index contributed by atoms with van der Waals surface area (Å²) < 4.78 is 14.5. The van der Waals surface area contributed by atoms with Crippen molar-refractivity contribution in [2.45, 2.75) is 0 Å². The van der Waals surface area contributed by atoms with Gasteiger partial charge in [-0.3, -0.25) is 0 Å². The van der Waals surface area contributed by atoms with Crippen LogP contribution in [0.5, 0.6) is 0 Å². The van der Waals surface area contributed by atoms with Crippen molar-refractivity contribution >= 4 is 37.6 Å². The minimum absolute atomic E-state index is 0.263. The summed E-state index contributed by atoms with van der Waals surface area (Å²) in [5.41, 5.74) is 3.49. The van der Waals surface area contributed by atoms with Crippen molar-refractivity contribution in [2.24, 2.45) is 0 Å². The van der Waals surface area contributed by atoms with Crippen LogP contribution in [0.4, 0.5) is 4.39 Å². The van der Waals surface area contributed by atoms with Crippen molar-refractivity contribution in [3.8, 4) is 22.6 Å². The molecule has 0 aliphatic carbocycles. The number of halogens is 2. The van der Waals surface area contributed by atoms with E-state index in [4.69, 9.17) is 9.97 Å². The molecule has 0 spiro atoms. The molecule has 0 saturated carbocycles. The Labute approximate surface area is 169 Å². The van der Waals surface area contributed by atoms with Gasteiger partial charge >= 0.3 is 0 Å². The first-order chi connectivity index (χ1) is 13.7. The van der Waals surface area contributed by atoms with Crippen LogP contribution in [-0.4, -0.2) is 9.97 Å². The molecule has 0 fully saturated rings. The molecule has 0 aliphatic heterocycles. The molecule has 0 radical (unpaired) electrons. The highest BCUT2D eigenvalue weighted by atomic mass is 79.9. The molecule has 0 saturated heterocycles. The Balaban J connectivity index is 1.83. The first kappa shape index (κ1) is 17.0. The van der Waals surface area contributed by atoms with Gasteiger partial charge in [-0.25, -0.2) is 14.4 Å². The van der Waals surface area contributed by atoms with E-state index in [0.717, 1.165) is 43.0 Å². The van der Waals surface area contributed by atoms with Crippen molar-refractivity contribution in [3.05, 3.63) is 95.2 Å². The topological polar surface area (TPSA) is 25.8 Å². The van der Waals surface area contributed by atoms with Crippen molar-refractivity contribution in [1.29, 1.82) is 0 Å². The molecule has 4 heteroatoms. The Morgan fingerprint density at radius 3 is 2.11 bits per heavy atom. The summed E-state index contributed by atoms with van der Waals surface area (Å²) in [4.78, 5) is 9.73. The molecule has 2 nitrogen and oxygen atoms in total. The van der Waals surface area contributed by atoms with E-state index in [2.05, 4.69) is 28.1 Å². The smallest absolute Gasteiger partial charge is 0.161 e. The number of hydrogen-bond donors (Lipinski definition) is 0. The second-order valence-electron chi connectivity index (χ2n) is 6.56. The Bertz CT molecular complexity index is 1330. The van der Waals surface area contributed by atoms with Gasteiger partial charge in [0.25, 0.3) is 0 Å². The quantitative estimate of drug-likeness (QED) is 0.301. The molecule has 0 bridgehead atoms. The standard InChI is InChI=1S/C24H14BrFN2/c25-21-14-13-19(17-5-1-2-6-18(17)21)24-27-22-8-4-3-7-20(22)23(28-24)15-9-11-16(26)12-10-15/h1-14H. The molecule has 4 aromatic carbocycles. The van der Waals surface area contributed by atoms with Gasteiger partial charge in [0.05, 0.1) is 11.2 Å². The van der Waals surface area contributed by atoms with Crippen molar-refractivity contribution in [2.75, 3.05) is 0 Å². The minimum atomic E-state index is -0.263. The van der Waals surface area contributed by atoms with E-state index < -0.39 is 0 Å². The molecule has 134 valence electrons. The highest BCUT2D eigenvalue weighted by Crippen LogP contribution is 2.34. The van der Waals surface area contributed by atoms with Crippen LogP contribution in [0, 0.1) is 5.82 Å². The van der Waals surface area contributed by atoms with E-state index >= 15 is 0 Å². The number of rotatable bonds is 2. The molecule has 1 heterocycles. The summed E-state index contributed by atoms with van der Waals surface area (Å²) in [5.74, 6) is 0.392. The molecular formula is C24H14BrFN2. The van der Waals surface area contributed by atoms with Gasteiger partial charge in [-0.2, -0.15) is 0 Å². The molecule has 0 aliphatic rings. The molecule has 0 unspecified atom stereocenters. The third kappa shape index (κ3) is 2.86. The van der Waals surface area contributed by atoms with Crippen LogP contribution in [0.2, 0.25) is 0 Å². The number of hydrogen-bond acceptors (Lipinski definition) is 2. The number of benzene rings is 4. The fourth-order valence-electron chi connectivity index (χ4n) is 3.48. The summed E-state index contributed by atoms with van der Waals surface area (Å²) in [7, 11) is 0. The summed E-state index contributed by atoms with van der Waals surface area (Å²) in [6.45, 7) is 0. The third-order valence-electron chi connectivity index (χ3n) is 4.83. The Morgan fingerprint density at radius 1 is 0.643 bits per heavy atom. The van der Waals surface area contributed by atoms with Crippen LogP contribution in [0.3, 0.4) is 0 Å². The SMILES string of the molecule is Fc1ccc(-c2nc(-c3ccc(Br)c4ccccc34)nc3ccccc23)cc1. The average Bonchev–Trinajstić information content (AvgIpc) is 2.74. The normalized spacial score (nSPS) is 11.2. The maximum Gasteiger partial charge on any atom is 0.161 e. The first-order valence-electron chi connectivity index (χ1n) is 8.91. The summed E-state index contributed by atoms with van der Waals surface area (Å²) in [6, 6.07) is 26.6. The van der Waals surface area contributed by atoms with Crippen molar-refractivity contribution < 1.29 is 4.39 Å². The molecule has 0 N–H and O–H groups in total. The first-order valence-corrected chi connectivity index (χ1v) is 9.70. The lowest BCUT2D eigenvalue weighted by Gasteiger charge is -2.11.